The van der Waals surface area contributed by atoms with Gasteiger partial charge >= 0.3 is 0 Å². The zero-order chi connectivity index (χ0) is 26.3. The van der Waals surface area contributed by atoms with Gasteiger partial charge in [0.2, 0.25) is 0 Å². The monoisotopic (exact) mass is 508 g/mol. The van der Waals surface area contributed by atoms with Crippen molar-refractivity contribution >= 4 is 5.91 Å². The Bertz CT molecular complexity index is 1350. The number of hydrogen-bond acceptors (Lipinski definition) is 6. The van der Waals surface area contributed by atoms with Gasteiger partial charge in [0.1, 0.15) is 17.2 Å². The molecule has 0 unspecified atom stereocenters. The Kier molecular flexibility index (Phi) is 7.95. The van der Waals surface area contributed by atoms with Gasteiger partial charge < -0.3 is 14.8 Å². The number of benzene rings is 3. The minimum absolute atomic E-state index is 0.113. The highest BCUT2D eigenvalue weighted by atomic mass is 16.5. The van der Waals surface area contributed by atoms with E-state index in [1.54, 1.807) is 20.4 Å². The van der Waals surface area contributed by atoms with Crippen LogP contribution in [0, 0.1) is 0 Å². The maximum absolute atomic E-state index is 13.2. The maximum Gasteiger partial charge on any atom is 0.271 e. The van der Waals surface area contributed by atoms with E-state index in [2.05, 4.69) is 34.5 Å². The van der Waals surface area contributed by atoms with Crippen LogP contribution in [-0.2, 0) is 6.54 Å². The molecule has 0 aliphatic carbocycles. The van der Waals surface area contributed by atoms with Crippen molar-refractivity contribution in [3.63, 3.8) is 0 Å². The number of carbonyl (C=O) groups is 1. The average molecular weight is 509 g/mol. The van der Waals surface area contributed by atoms with Crippen LogP contribution in [0.25, 0.3) is 22.5 Å². The number of carbonyl (C=O) groups excluding carboxylic acids is 1. The number of nitrogens with one attached hydrogen (secondary N) is 1. The fourth-order valence-electron chi connectivity index (χ4n) is 4.75. The predicted molar refractivity (Wildman–Crippen MR) is 148 cm³/mol. The molecule has 3 aromatic carbocycles. The van der Waals surface area contributed by atoms with Crippen LogP contribution in [0.4, 0.5) is 0 Å². The third kappa shape index (κ3) is 6.01. The SMILES string of the molecule is COc1ccc(-c2ncc(C(=O)NC3CCN(Cc4ccccc4)CC3)nc2-c2ccc(OC)cc2)cc1. The number of ether oxygens (including phenoxy) is 2. The van der Waals surface area contributed by atoms with Crippen molar-refractivity contribution in [1.82, 2.24) is 20.2 Å². The maximum atomic E-state index is 13.2. The minimum atomic E-state index is -0.199. The summed E-state index contributed by atoms with van der Waals surface area (Å²) in [7, 11) is 3.27. The molecule has 7 nitrogen and oxygen atoms in total. The van der Waals surface area contributed by atoms with E-state index in [0.717, 1.165) is 55.1 Å². The Morgan fingerprint density at radius 3 is 2.00 bits per heavy atom. The summed E-state index contributed by atoms with van der Waals surface area (Å²) in [6, 6.07) is 25.9. The van der Waals surface area contributed by atoms with E-state index in [1.165, 1.54) is 5.56 Å². The molecule has 194 valence electrons. The normalized spacial score (nSPS) is 14.2. The van der Waals surface area contributed by atoms with E-state index < -0.39 is 0 Å². The highest BCUT2D eigenvalue weighted by molar-refractivity contribution is 5.93. The summed E-state index contributed by atoms with van der Waals surface area (Å²) in [6.07, 6.45) is 3.37. The molecule has 0 saturated carbocycles. The largest absolute Gasteiger partial charge is 0.497 e. The summed E-state index contributed by atoms with van der Waals surface area (Å²) in [4.78, 5) is 25.2. The van der Waals surface area contributed by atoms with Gasteiger partial charge in [-0.2, -0.15) is 0 Å². The number of hydrogen-bond donors (Lipinski definition) is 1. The lowest BCUT2D eigenvalue weighted by Gasteiger charge is -2.32. The number of piperidine rings is 1. The van der Waals surface area contributed by atoms with Crippen molar-refractivity contribution in [2.45, 2.75) is 25.4 Å². The zero-order valence-electron chi connectivity index (χ0n) is 21.8. The quantitative estimate of drug-likeness (QED) is 0.352. The molecule has 0 atom stereocenters. The molecule has 2 heterocycles. The first-order valence-electron chi connectivity index (χ1n) is 12.9. The second-order valence-electron chi connectivity index (χ2n) is 9.42. The molecule has 1 aromatic heterocycles. The van der Waals surface area contributed by atoms with Gasteiger partial charge in [0.15, 0.2) is 0 Å². The number of rotatable bonds is 8. The summed E-state index contributed by atoms with van der Waals surface area (Å²) in [5.74, 6) is 1.31. The fraction of sp³-hybridized carbons (Fsp3) is 0.258. The lowest BCUT2D eigenvalue weighted by Crippen LogP contribution is -2.44. The van der Waals surface area contributed by atoms with Gasteiger partial charge in [-0.15, -0.1) is 0 Å². The molecular formula is C31H32N4O3. The molecule has 0 radical (unpaired) electrons. The van der Waals surface area contributed by atoms with Crippen LogP contribution in [0.5, 0.6) is 11.5 Å². The van der Waals surface area contributed by atoms with Crippen LogP contribution in [0.1, 0.15) is 28.9 Å². The van der Waals surface area contributed by atoms with E-state index in [9.17, 15) is 4.79 Å². The number of likely N-dealkylation sites (tertiary alicyclic amines) is 1. The first-order valence-corrected chi connectivity index (χ1v) is 12.9. The molecule has 7 heteroatoms. The fourth-order valence-corrected chi connectivity index (χ4v) is 4.75. The van der Waals surface area contributed by atoms with E-state index in [0.29, 0.717) is 17.1 Å². The molecule has 5 rings (SSSR count). The standard InChI is InChI=1S/C31H32N4O3/c1-37-26-12-8-23(9-13-26)29-30(24-10-14-27(38-2)15-11-24)34-28(20-32-29)31(36)33-25-16-18-35(19-17-25)21-22-6-4-3-5-7-22/h3-15,20,25H,16-19,21H2,1-2H3,(H,33,36). The van der Waals surface area contributed by atoms with Crippen LogP contribution >= 0.6 is 0 Å². The molecule has 1 amide bonds. The van der Waals surface area contributed by atoms with E-state index >= 15 is 0 Å². The molecule has 1 N–H and O–H groups in total. The highest BCUT2D eigenvalue weighted by Crippen LogP contribution is 2.31. The van der Waals surface area contributed by atoms with Crippen molar-refractivity contribution in [1.29, 1.82) is 0 Å². The Hall–Kier alpha value is -4.23. The highest BCUT2D eigenvalue weighted by Gasteiger charge is 2.23. The number of aromatic nitrogens is 2. The number of methoxy groups -OCH3 is 2. The molecule has 4 aromatic rings. The van der Waals surface area contributed by atoms with Gasteiger partial charge in [0, 0.05) is 36.8 Å². The summed E-state index contributed by atoms with van der Waals surface area (Å²) in [5.41, 5.74) is 4.70. The molecule has 1 aliphatic heterocycles. The van der Waals surface area contributed by atoms with E-state index in [-0.39, 0.29) is 11.9 Å². The summed E-state index contributed by atoms with van der Waals surface area (Å²) in [6.45, 7) is 2.82. The minimum Gasteiger partial charge on any atom is -0.497 e. The van der Waals surface area contributed by atoms with Gasteiger partial charge in [-0.3, -0.25) is 14.7 Å². The Labute approximate surface area is 223 Å². The summed E-state index contributed by atoms with van der Waals surface area (Å²) in [5, 5.41) is 3.19. The van der Waals surface area contributed by atoms with Crippen LogP contribution in [-0.4, -0.2) is 54.1 Å². The zero-order valence-corrected chi connectivity index (χ0v) is 21.8. The first-order chi connectivity index (χ1) is 18.6. The van der Waals surface area contributed by atoms with Crippen molar-refractivity contribution < 1.29 is 14.3 Å². The van der Waals surface area contributed by atoms with Crippen molar-refractivity contribution in [2.24, 2.45) is 0 Å². The van der Waals surface area contributed by atoms with E-state index in [4.69, 9.17) is 19.4 Å². The lowest BCUT2D eigenvalue weighted by molar-refractivity contribution is 0.0903. The molecule has 1 fully saturated rings. The summed E-state index contributed by atoms with van der Waals surface area (Å²) >= 11 is 0. The predicted octanol–water partition coefficient (Wildman–Crippen LogP) is 5.22. The molecule has 0 bridgehead atoms. The second-order valence-corrected chi connectivity index (χ2v) is 9.42. The van der Waals surface area contributed by atoms with Gasteiger partial charge in [-0.05, 0) is 66.9 Å². The summed E-state index contributed by atoms with van der Waals surface area (Å²) < 4.78 is 10.6. The number of nitrogens with zero attached hydrogens (tertiary/aromatic N) is 3. The third-order valence-corrected chi connectivity index (χ3v) is 6.90. The Morgan fingerprint density at radius 2 is 1.42 bits per heavy atom. The van der Waals surface area contributed by atoms with Crippen LogP contribution in [0.2, 0.25) is 0 Å². The first kappa shape index (κ1) is 25.4. The molecule has 1 aliphatic rings. The van der Waals surface area contributed by atoms with Crippen molar-refractivity contribution in [2.75, 3.05) is 27.3 Å². The molecule has 1 saturated heterocycles. The third-order valence-electron chi connectivity index (χ3n) is 6.90. The van der Waals surface area contributed by atoms with Crippen molar-refractivity contribution in [3.8, 4) is 34.0 Å². The van der Waals surface area contributed by atoms with Crippen LogP contribution in [0.15, 0.2) is 85.1 Å². The van der Waals surface area contributed by atoms with Gasteiger partial charge in [0.25, 0.3) is 5.91 Å². The number of amides is 1. The van der Waals surface area contributed by atoms with Gasteiger partial charge in [-0.1, -0.05) is 30.3 Å². The lowest BCUT2D eigenvalue weighted by atomic mass is 10.0. The van der Waals surface area contributed by atoms with E-state index in [1.807, 2.05) is 54.6 Å². The molecular weight excluding hydrogens is 476 g/mol. The van der Waals surface area contributed by atoms with Crippen LogP contribution in [0.3, 0.4) is 0 Å². The topological polar surface area (TPSA) is 76.6 Å². The van der Waals surface area contributed by atoms with Gasteiger partial charge in [-0.25, -0.2) is 4.98 Å². The molecule has 0 spiro atoms. The Balaban J connectivity index is 1.32. The second kappa shape index (κ2) is 11.9. The van der Waals surface area contributed by atoms with Gasteiger partial charge in [0.05, 0.1) is 31.8 Å². The molecule has 38 heavy (non-hydrogen) atoms. The Morgan fingerprint density at radius 1 is 0.842 bits per heavy atom. The smallest absolute Gasteiger partial charge is 0.271 e. The van der Waals surface area contributed by atoms with Crippen molar-refractivity contribution in [3.05, 3.63) is 96.3 Å². The average Bonchev–Trinajstić information content (AvgIpc) is 2.98. The van der Waals surface area contributed by atoms with Crippen LogP contribution < -0.4 is 14.8 Å².